The lowest BCUT2D eigenvalue weighted by atomic mass is 10.1. The van der Waals surface area contributed by atoms with Crippen molar-refractivity contribution in [2.75, 3.05) is 18.1 Å². The summed E-state index contributed by atoms with van der Waals surface area (Å²) in [6.45, 7) is 5.79. The van der Waals surface area contributed by atoms with Crippen molar-refractivity contribution in [2.24, 2.45) is 0 Å². The van der Waals surface area contributed by atoms with Gasteiger partial charge < -0.3 is 5.32 Å². The Morgan fingerprint density at radius 1 is 1.16 bits per heavy atom. The molecule has 1 amide bonds. The summed E-state index contributed by atoms with van der Waals surface area (Å²) >= 11 is 0. The Kier molecular flexibility index (Phi) is 6.25. The fraction of sp³-hybridized carbons (Fsp3) is 0.389. The van der Waals surface area contributed by atoms with Gasteiger partial charge in [0.1, 0.15) is 0 Å². The van der Waals surface area contributed by atoms with Crippen molar-refractivity contribution >= 4 is 15.7 Å². The highest BCUT2D eigenvalue weighted by molar-refractivity contribution is 7.91. The Labute approximate surface area is 148 Å². The second-order valence-corrected chi connectivity index (χ2v) is 8.54. The van der Waals surface area contributed by atoms with Gasteiger partial charge in [-0.2, -0.15) is 10.2 Å². The Morgan fingerprint density at radius 2 is 1.92 bits per heavy atom. The van der Waals surface area contributed by atoms with Gasteiger partial charge in [0.15, 0.2) is 9.84 Å². The monoisotopic (exact) mass is 361 g/mol. The van der Waals surface area contributed by atoms with Crippen LogP contribution in [0.15, 0.2) is 36.4 Å². The standard InChI is InChI=1S/C18H23N3O3S/c1-4-25(23,24)11-10-19-18(22)15-7-5-6-14(12-15)17-9-8-16(13(2)3)20-21-17/h5-9,12-13H,4,10-11H2,1-3H3,(H,19,22). The van der Waals surface area contributed by atoms with Crippen LogP contribution in [0, 0.1) is 0 Å². The average Bonchev–Trinajstić information content (AvgIpc) is 2.61. The molecule has 134 valence electrons. The Balaban J connectivity index is 2.08. The van der Waals surface area contributed by atoms with E-state index < -0.39 is 9.84 Å². The molecule has 0 aliphatic rings. The minimum Gasteiger partial charge on any atom is -0.351 e. The Bertz CT molecular complexity index is 831. The maximum Gasteiger partial charge on any atom is 0.251 e. The second-order valence-electron chi connectivity index (χ2n) is 6.07. The summed E-state index contributed by atoms with van der Waals surface area (Å²) in [5, 5.41) is 11.1. The largest absolute Gasteiger partial charge is 0.351 e. The highest BCUT2D eigenvalue weighted by atomic mass is 32.2. The molecule has 2 rings (SSSR count). The number of carbonyl (C=O) groups is 1. The molecule has 0 aliphatic heterocycles. The van der Waals surface area contributed by atoms with Crippen molar-refractivity contribution < 1.29 is 13.2 Å². The first-order valence-electron chi connectivity index (χ1n) is 8.25. The number of carbonyl (C=O) groups excluding carboxylic acids is 1. The molecule has 0 saturated carbocycles. The maximum atomic E-state index is 12.2. The molecular weight excluding hydrogens is 338 g/mol. The lowest BCUT2D eigenvalue weighted by Crippen LogP contribution is -2.29. The van der Waals surface area contributed by atoms with Gasteiger partial charge in [-0.25, -0.2) is 8.42 Å². The number of aromatic nitrogens is 2. The summed E-state index contributed by atoms with van der Waals surface area (Å²) in [4.78, 5) is 12.2. The maximum absolute atomic E-state index is 12.2. The van der Waals surface area contributed by atoms with Gasteiger partial charge in [0.2, 0.25) is 0 Å². The number of amides is 1. The molecule has 1 N–H and O–H groups in total. The molecule has 6 nitrogen and oxygen atoms in total. The number of hydrogen-bond donors (Lipinski definition) is 1. The zero-order valence-corrected chi connectivity index (χ0v) is 15.5. The fourth-order valence-corrected chi connectivity index (χ4v) is 2.89. The molecule has 7 heteroatoms. The fourth-order valence-electron chi connectivity index (χ4n) is 2.19. The minimum absolute atomic E-state index is 0.0585. The molecule has 0 radical (unpaired) electrons. The van der Waals surface area contributed by atoms with Crippen LogP contribution >= 0.6 is 0 Å². The Morgan fingerprint density at radius 3 is 2.52 bits per heavy atom. The third kappa shape index (κ3) is 5.35. The van der Waals surface area contributed by atoms with Gasteiger partial charge in [-0.15, -0.1) is 0 Å². The molecule has 25 heavy (non-hydrogen) atoms. The summed E-state index contributed by atoms with van der Waals surface area (Å²) in [5.41, 5.74) is 2.85. The van der Waals surface area contributed by atoms with E-state index in [1.807, 2.05) is 32.0 Å². The highest BCUT2D eigenvalue weighted by Gasteiger charge is 2.11. The molecular formula is C18H23N3O3S. The van der Waals surface area contributed by atoms with Crippen LogP contribution in [0.1, 0.15) is 42.7 Å². The number of hydrogen-bond acceptors (Lipinski definition) is 5. The summed E-state index contributed by atoms with van der Waals surface area (Å²) in [7, 11) is -3.09. The molecule has 2 aromatic rings. The van der Waals surface area contributed by atoms with Crippen molar-refractivity contribution in [1.82, 2.24) is 15.5 Å². The molecule has 1 heterocycles. The molecule has 0 saturated heterocycles. The van der Waals surface area contributed by atoms with Gasteiger partial charge in [-0.1, -0.05) is 32.9 Å². The van der Waals surface area contributed by atoms with Gasteiger partial charge in [0.05, 0.1) is 17.1 Å². The number of rotatable bonds is 7. The zero-order valence-electron chi connectivity index (χ0n) is 14.7. The summed E-state index contributed by atoms with van der Waals surface area (Å²) in [6, 6.07) is 10.8. The van der Waals surface area contributed by atoms with Crippen LogP contribution < -0.4 is 5.32 Å². The van der Waals surface area contributed by atoms with Crippen molar-refractivity contribution in [3.05, 3.63) is 47.7 Å². The van der Waals surface area contributed by atoms with Crippen LogP contribution in [0.4, 0.5) is 0 Å². The normalized spacial score (nSPS) is 11.5. The molecule has 0 bridgehead atoms. The van der Waals surface area contributed by atoms with Gasteiger partial charge in [0.25, 0.3) is 5.91 Å². The van der Waals surface area contributed by atoms with Crippen LogP contribution in [0.5, 0.6) is 0 Å². The molecule has 1 aromatic heterocycles. The Hall–Kier alpha value is -2.28. The zero-order chi connectivity index (χ0) is 18.4. The van der Waals surface area contributed by atoms with Crippen molar-refractivity contribution in [1.29, 1.82) is 0 Å². The minimum atomic E-state index is -3.09. The van der Waals surface area contributed by atoms with E-state index in [9.17, 15) is 13.2 Å². The summed E-state index contributed by atoms with van der Waals surface area (Å²) in [6.07, 6.45) is 0. The third-order valence-corrected chi connectivity index (χ3v) is 5.54. The lowest BCUT2D eigenvalue weighted by Gasteiger charge is -2.08. The van der Waals surface area contributed by atoms with Crippen LogP contribution in [0.3, 0.4) is 0 Å². The first-order valence-corrected chi connectivity index (χ1v) is 10.1. The van der Waals surface area contributed by atoms with Gasteiger partial charge in [0, 0.05) is 23.4 Å². The summed E-state index contributed by atoms with van der Waals surface area (Å²) < 4.78 is 22.9. The molecule has 1 aromatic carbocycles. The van der Waals surface area contributed by atoms with E-state index in [0.717, 1.165) is 11.3 Å². The average molecular weight is 361 g/mol. The van der Waals surface area contributed by atoms with Gasteiger partial charge >= 0.3 is 0 Å². The number of sulfone groups is 1. The van der Waals surface area contributed by atoms with Crippen molar-refractivity contribution in [3.8, 4) is 11.3 Å². The first-order chi connectivity index (χ1) is 11.8. The topological polar surface area (TPSA) is 89.0 Å². The van der Waals surface area contributed by atoms with E-state index in [1.165, 1.54) is 0 Å². The molecule has 0 atom stereocenters. The first kappa shape index (κ1) is 19.1. The highest BCUT2D eigenvalue weighted by Crippen LogP contribution is 2.19. The molecule has 0 fully saturated rings. The van der Waals surface area contributed by atoms with Gasteiger partial charge in [-0.3, -0.25) is 4.79 Å². The number of nitrogens with zero attached hydrogens (tertiary/aromatic N) is 2. The number of benzene rings is 1. The SMILES string of the molecule is CCS(=O)(=O)CCNC(=O)c1cccc(-c2ccc(C(C)C)nn2)c1. The summed E-state index contributed by atoms with van der Waals surface area (Å²) in [5.74, 6) is 0.0125. The van der Waals surface area contributed by atoms with E-state index in [1.54, 1.807) is 25.1 Å². The quantitative estimate of drug-likeness (QED) is 0.818. The van der Waals surface area contributed by atoms with E-state index >= 15 is 0 Å². The third-order valence-electron chi connectivity index (χ3n) is 3.84. The van der Waals surface area contributed by atoms with Crippen LogP contribution in [-0.2, 0) is 9.84 Å². The van der Waals surface area contributed by atoms with Crippen LogP contribution in [0.25, 0.3) is 11.3 Å². The van der Waals surface area contributed by atoms with Crippen LogP contribution in [0.2, 0.25) is 0 Å². The second kappa shape index (κ2) is 8.20. The van der Waals surface area contributed by atoms with Crippen molar-refractivity contribution in [2.45, 2.75) is 26.7 Å². The van der Waals surface area contributed by atoms with E-state index in [0.29, 0.717) is 17.2 Å². The van der Waals surface area contributed by atoms with Crippen LogP contribution in [-0.4, -0.2) is 42.6 Å². The number of nitrogens with one attached hydrogen (secondary N) is 1. The smallest absolute Gasteiger partial charge is 0.251 e. The predicted molar refractivity (Wildman–Crippen MR) is 98.2 cm³/mol. The predicted octanol–water partition coefficient (Wildman–Crippen LogP) is 2.43. The molecule has 0 aliphatic carbocycles. The van der Waals surface area contributed by atoms with Gasteiger partial charge in [-0.05, 0) is 30.2 Å². The lowest BCUT2D eigenvalue weighted by molar-refractivity contribution is 0.0956. The van der Waals surface area contributed by atoms with E-state index in [4.69, 9.17) is 0 Å². The van der Waals surface area contributed by atoms with E-state index in [-0.39, 0.29) is 24.0 Å². The molecule has 0 spiro atoms. The molecule has 0 unspecified atom stereocenters. The van der Waals surface area contributed by atoms with Crippen molar-refractivity contribution in [3.63, 3.8) is 0 Å². The van der Waals surface area contributed by atoms with E-state index in [2.05, 4.69) is 15.5 Å².